The van der Waals surface area contributed by atoms with E-state index in [1.54, 1.807) is 7.11 Å². The predicted molar refractivity (Wildman–Crippen MR) is 109 cm³/mol. The van der Waals surface area contributed by atoms with Crippen LogP contribution in [-0.4, -0.2) is 65.3 Å². The molecule has 170 valence electrons. The van der Waals surface area contributed by atoms with Gasteiger partial charge in [-0.2, -0.15) is 23.3 Å². The molecule has 2 aromatic rings. The Morgan fingerprint density at radius 1 is 1.26 bits per heavy atom. The molecule has 10 heteroatoms. The summed E-state index contributed by atoms with van der Waals surface area (Å²) in [4.78, 5) is 6.31. The Morgan fingerprint density at radius 2 is 2.13 bits per heavy atom. The fraction of sp³-hybridized carbons (Fsp3) is 0.619. The van der Waals surface area contributed by atoms with Gasteiger partial charge in [0.1, 0.15) is 18.7 Å². The van der Waals surface area contributed by atoms with Gasteiger partial charge in [-0.3, -0.25) is 4.90 Å². The second-order valence-electron chi connectivity index (χ2n) is 8.20. The van der Waals surface area contributed by atoms with Crippen molar-refractivity contribution in [3.05, 3.63) is 36.2 Å². The minimum Gasteiger partial charge on any atom is -0.491 e. The third-order valence-electron chi connectivity index (χ3n) is 6.01. The molecule has 2 aliphatic rings. The van der Waals surface area contributed by atoms with E-state index >= 15 is 0 Å². The fourth-order valence-electron chi connectivity index (χ4n) is 4.53. The van der Waals surface area contributed by atoms with E-state index in [1.165, 1.54) is 6.33 Å². The minimum absolute atomic E-state index is 0.0266. The van der Waals surface area contributed by atoms with Crippen molar-refractivity contribution in [2.75, 3.05) is 38.7 Å². The Kier molecular flexibility index (Phi) is 6.66. The molecular weight excluding hydrogens is 411 g/mol. The Morgan fingerprint density at radius 3 is 2.94 bits per heavy atom. The number of hydrogen-bond acceptors (Lipinski definition) is 6. The maximum Gasteiger partial charge on any atom is 0.411 e. The molecule has 1 saturated heterocycles. The van der Waals surface area contributed by atoms with E-state index < -0.39 is 12.2 Å². The molecule has 0 unspecified atom stereocenters. The molecule has 0 spiro atoms. The van der Waals surface area contributed by atoms with Gasteiger partial charge in [-0.1, -0.05) is 12.1 Å². The van der Waals surface area contributed by atoms with Gasteiger partial charge in [-0.05, 0) is 49.4 Å². The molecule has 2 aliphatic heterocycles. The third kappa shape index (κ3) is 5.30. The first-order valence-electron chi connectivity index (χ1n) is 10.6. The maximum atomic E-state index is 13.6. The number of benzene rings is 1. The van der Waals surface area contributed by atoms with Crippen LogP contribution in [0.25, 0.3) is 0 Å². The van der Waals surface area contributed by atoms with Crippen molar-refractivity contribution in [2.45, 2.75) is 44.1 Å². The van der Waals surface area contributed by atoms with Crippen LogP contribution in [0.3, 0.4) is 0 Å². The predicted octanol–water partition coefficient (Wildman–Crippen LogP) is 3.50. The summed E-state index contributed by atoms with van der Waals surface area (Å²) in [6, 6.07) is 6.02. The zero-order valence-electron chi connectivity index (χ0n) is 17.5. The van der Waals surface area contributed by atoms with E-state index in [2.05, 4.69) is 20.3 Å². The molecule has 3 atom stereocenters. The van der Waals surface area contributed by atoms with Crippen molar-refractivity contribution in [3.8, 4) is 5.75 Å². The largest absolute Gasteiger partial charge is 0.491 e. The Balaban J connectivity index is 1.40. The number of hydrogen-bond donors (Lipinski definition) is 1. The molecule has 0 saturated carbocycles. The second kappa shape index (κ2) is 9.44. The highest BCUT2D eigenvalue weighted by atomic mass is 19.4. The van der Waals surface area contributed by atoms with Gasteiger partial charge in [-0.25, -0.2) is 4.68 Å². The number of nitrogens with zero attached hydrogens (tertiary/aromatic N) is 4. The summed E-state index contributed by atoms with van der Waals surface area (Å²) in [5.41, 5.74) is 1.13. The number of piperidine rings is 1. The number of anilines is 1. The molecule has 1 aromatic heterocycles. The number of ether oxygens (including phenoxy) is 2. The molecule has 1 N–H and O–H groups in total. The number of halogens is 3. The summed E-state index contributed by atoms with van der Waals surface area (Å²) in [5, 5.41) is 6.98. The van der Waals surface area contributed by atoms with Crippen molar-refractivity contribution >= 4 is 5.95 Å². The average molecular weight is 439 g/mol. The van der Waals surface area contributed by atoms with E-state index in [-0.39, 0.29) is 24.3 Å². The molecular formula is C21H28F3N5O2. The van der Waals surface area contributed by atoms with Gasteiger partial charge < -0.3 is 14.8 Å². The van der Waals surface area contributed by atoms with Gasteiger partial charge in [0.15, 0.2) is 6.04 Å². The lowest BCUT2D eigenvalue weighted by atomic mass is 9.86. The SMILES string of the molecule is COCCOc1cccc(CN2CCC[C@H]([C@@H]3C[C@H](C(F)(F)F)n4ncnc4N3)C2)c1. The quantitative estimate of drug-likeness (QED) is 0.667. The minimum atomic E-state index is -4.35. The lowest BCUT2D eigenvalue weighted by Gasteiger charge is -2.41. The molecule has 0 aliphatic carbocycles. The van der Waals surface area contributed by atoms with Crippen LogP contribution >= 0.6 is 0 Å². The number of fused-ring (bicyclic) bond motifs is 1. The number of nitrogens with one attached hydrogen (secondary N) is 1. The third-order valence-corrected chi connectivity index (χ3v) is 6.01. The van der Waals surface area contributed by atoms with Crippen molar-refractivity contribution in [3.63, 3.8) is 0 Å². The zero-order valence-corrected chi connectivity index (χ0v) is 17.5. The molecule has 31 heavy (non-hydrogen) atoms. The molecule has 3 heterocycles. The first kappa shape index (κ1) is 21.9. The Bertz CT molecular complexity index is 860. The van der Waals surface area contributed by atoms with Gasteiger partial charge >= 0.3 is 6.18 Å². The number of alkyl halides is 3. The summed E-state index contributed by atoms with van der Waals surface area (Å²) in [7, 11) is 1.63. The maximum absolute atomic E-state index is 13.6. The van der Waals surface area contributed by atoms with Gasteiger partial charge in [0, 0.05) is 26.2 Å². The molecule has 1 fully saturated rings. The summed E-state index contributed by atoms with van der Waals surface area (Å²) < 4.78 is 52.5. The molecule has 0 amide bonds. The zero-order chi connectivity index (χ0) is 21.8. The molecule has 0 radical (unpaired) electrons. The highest BCUT2D eigenvalue weighted by Crippen LogP contribution is 2.41. The van der Waals surface area contributed by atoms with E-state index in [9.17, 15) is 13.2 Å². The monoisotopic (exact) mass is 439 g/mol. The summed E-state index contributed by atoms with van der Waals surface area (Å²) in [5.74, 6) is 1.12. The van der Waals surface area contributed by atoms with Gasteiger partial charge in [0.05, 0.1) is 6.61 Å². The standard InChI is InChI=1S/C21H28F3N5O2/c1-30-8-9-31-17-6-2-4-15(10-17)12-28-7-3-5-16(13-28)18-11-19(21(22,23)24)29-20(27-18)25-14-26-29/h2,4,6,10,14,16,18-19H,3,5,7-9,11-13H2,1H3,(H,25,26,27)/t16-,18-,19+/m0/s1. The number of rotatable bonds is 7. The molecule has 1 aromatic carbocycles. The van der Waals surface area contributed by atoms with Crippen molar-refractivity contribution in [1.82, 2.24) is 19.7 Å². The number of methoxy groups -OCH3 is 1. The summed E-state index contributed by atoms with van der Waals surface area (Å²) in [6.07, 6.45) is -1.34. The van der Waals surface area contributed by atoms with Crippen molar-refractivity contribution < 1.29 is 22.6 Å². The van der Waals surface area contributed by atoms with E-state index in [4.69, 9.17) is 9.47 Å². The van der Waals surface area contributed by atoms with E-state index in [0.29, 0.717) is 13.2 Å². The first-order valence-corrected chi connectivity index (χ1v) is 10.6. The lowest BCUT2D eigenvalue weighted by Crippen LogP contribution is -2.47. The van der Waals surface area contributed by atoms with Gasteiger partial charge in [0.2, 0.25) is 5.95 Å². The van der Waals surface area contributed by atoms with Crippen LogP contribution in [0.1, 0.15) is 30.9 Å². The Labute approximate surface area is 179 Å². The average Bonchev–Trinajstić information content (AvgIpc) is 3.22. The van der Waals surface area contributed by atoms with Gasteiger partial charge in [-0.15, -0.1) is 0 Å². The van der Waals surface area contributed by atoms with E-state index in [0.717, 1.165) is 48.5 Å². The Hall–Kier alpha value is -2.33. The van der Waals surface area contributed by atoms with Crippen LogP contribution in [0, 0.1) is 5.92 Å². The lowest BCUT2D eigenvalue weighted by molar-refractivity contribution is -0.174. The molecule has 7 nitrogen and oxygen atoms in total. The van der Waals surface area contributed by atoms with Crippen LogP contribution in [0.4, 0.5) is 19.1 Å². The van der Waals surface area contributed by atoms with Crippen LogP contribution in [0.15, 0.2) is 30.6 Å². The summed E-state index contributed by atoms with van der Waals surface area (Å²) in [6.45, 7) is 3.43. The van der Waals surface area contributed by atoms with Crippen LogP contribution in [-0.2, 0) is 11.3 Å². The number of likely N-dealkylation sites (tertiary alicyclic amines) is 1. The summed E-state index contributed by atoms with van der Waals surface area (Å²) >= 11 is 0. The first-order chi connectivity index (χ1) is 14.9. The fourth-order valence-corrected chi connectivity index (χ4v) is 4.53. The van der Waals surface area contributed by atoms with Crippen LogP contribution in [0.2, 0.25) is 0 Å². The highest BCUT2D eigenvalue weighted by molar-refractivity contribution is 5.30. The topological polar surface area (TPSA) is 64.4 Å². The number of aromatic nitrogens is 3. The molecule has 0 bridgehead atoms. The normalized spacial score (nSPS) is 24.5. The smallest absolute Gasteiger partial charge is 0.411 e. The van der Waals surface area contributed by atoms with Crippen molar-refractivity contribution in [2.24, 2.45) is 5.92 Å². The van der Waals surface area contributed by atoms with Gasteiger partial charge in [0.25, 0.3) is 0 Å². The highest BCUT2D eigenvalue weighted by Gasteiger charge is 2.48. The van der Waals surface area contributed by atoms with Crippen LogP contribution < -0.4 is 10.1 Å². The second-order valence-corrected chi connectivity index (χ2v) is 8.20. The van der Waals surface area contributed by atoms with Crippen LogP contribution in [0.5, 0.6) is 5.75 Å². The molecule has 4 rings (SSSR count). The van der Waals surface area contributed by atoms with Crippen molar-refractivity contribution in [1.29, 1.82) is 0 Å². The van der Waals surface area contributed by atoms with E-state index in [1.807, 2.05) is 24.3 Å².